The molecule has 1 aromatic heterocycles. The standard InChI is InChI=1S/C13H16ClN3O3/c1-20-12(19)17-13(6-2-3-7-13)11(18)16-9-4-5-10(14)15-8-9/h4-5,8H,2-3,6-7H2,1H3,(H,16,18)(H,17,19). The molecular weight excluding hydrogens is 282 g/mol. The fraction of sp³-hybridized carbons (Fsp3) is 0.462. The van der Waals surface area contributed by atoms with Crippen molar-refractivity contribution >= 4 is 29.3 Å². The average Bonchev–Trinajstić information content (AvgIpc) is 2.91. The molecule has 2 amide bonds. The summed E-state index contributed by atoms with van der Waals surface area (Å²) in [4.78, 5) is 27.8. The minimum Gasteiger partial charge on any atom is -0.453 e. The van der Waals surface area contributed by atoms with Crippen LogP contribution in [0.15, 0.2) is 18.3 Å². The summed E-state index contributed by atoms with van der Waals surface area (Å²) in [6.45, 7) is 0. The van der Waals surface area contributed by atoms with Crippen LogP contribution in [0.3, 0.4) is 0 Å². The number of aromatic nitrogens is 1. The van der Waals surface area contributed by atoms with Gasteiger partial charge in [0.05, 0.1) is 19.0 Å². The van der Waals surface area contributed by atoms with Gasteiger partial charge in [-0.25, -0.2) is 9.78 Å². The molecule has 0 atom stereocenters. The first-order valence-electron chi connectivity index (χ1n) is 6.35. The van der Waals surface area contributed by atoms with Gasteiger partial charge in [0.1, 0.15) is 10.7 Å². The second kappa shape index (κ2) is 6.09. The van der Waals surface area contributed by atoms with Gasteiger partial charge in [0, 0.05) is 0 Å². The predicted octanol–water partition coefficient (Wildman–Crippen LogP) is 2.34. The van der Waals surface area contributed by atoms with Crippen molar-refractivity contribution in [3.8, 4) is 0 Å². The van der Waals surface area contributed by atoms with E-state index in [1.807, 2.05) is 0 Å². The van der Waals surface area contributed by atoms with Gasteiger partial charge in [-0.3, -0.25) is 4.79 Å². The molecule has 6 nitrogen and oxygen atoms in total. The van der Waals surface area contributed by atoms with E-state index in [-0.39, 0.29) is 5.91 Å². The molecule has 0 radical (unpaired) electrons. The summed E-state index contributed by atoms with van der Waals surface area (Å²) in [5.41, 5.74) is -0.371. The molecule has 108 valence electrons. The molecule has 0 aliphatic heterocycles. The number of ether oxygens (including phenoxy) is 1. The number of amides is 2. The first kappa shape index (κ1) is 14.6. The second-order valence-electron chi connectivity index (χ2n) is 4.73. The SMILES string of the molecule is COC(=O)NC1(C(=O)Nc2ccc(Cl)nc2)CCCC1. The maximum absolute atomic E-state index is 12.4. The Kier molecular flexibility index (Phi) is 4.44. The molecule has 20 heavy (non-hydrogen) atoms. The van der Waals surface area contributed by atoms with Crippen LogP contribution >= 0.6 is 11.6 Å². The molecule has 1 aliphatic rings. The number of hydrogen-bond acceptors (Lipinski definition) is 4. The molecule has 1 fully saturated rings. The second-order valence-corrected chi connectivity index (χ2v) is 5.12. The summed E-state index contributed by atoms with van der Waals surface area (Å²) >= 11 is 5.69. The van der Waals surface area contributed by atoms with Crippen LogP contribution in [-0.4, -0.2) is 29.6 Å². The lowest BCUT2D eigenvalue weighted by atomic mass is 9.96. The summed E-state index contributed by atoms with van der Waals surface area (Å²) in [5.74, 6) is -0.260. The van der Waals surface area contributed by atoms with Gasteiger partial charge in [-0.05, 0) is 25.0 Å². The summed E-state index contributed by atoms with van der Waals surface area (Å²) in [7, 11) is 1.28. The van der Waals surface area contributed by atoms with E-state index in [0.717, 1.165) is 12.8 Å². The number of alkyl carbamates (subject to hydrolysis) is 1. The largest absolute Gasteiger partial charge is 0.453 e. The Morgan fingerprint density at radius 1 is 1.35 bits per heavy atom. The lowest BCUT2D eigenvalue weighted by Crippen LogP contribution is -2.55. The molecule has 1 saturated carbocycles. The van der Waals surface area contributed by atoms with Crippen molar-refractivity contribution < 1.29 is 14.3 Å². The van der Waals surface area contributed by atoms with Crippen molar-refractivity contribution in [1.29, 1.82) is 0 Å². The Bertz CT molecular complexity index is 498. The number of rotatable bonds is 3. The Morgan fingerprint density at radius 2 is 2.05 bits per heavy atom. The smallest absolute Gasteiger partial charge is 0.407 e. The quantitative estimate of drug-likeness (QED) is 0.839. The Hall–Kier alpha value is -1.82. The average molecular weight is 298 g/mol. The highest BCUT2D eigenvalue weighted by Gasteiger charge is 2.42. The van der Waals surface area contributed by atoms with E-state index in [4.69, 9.17) is 11.6 Å². The van der Waals surface area contributed by atoms with Gasteiger partial charge < -0.3 is 15.4 Å². The van der Waals surface area contributed by atoms with Gasteiger partial charge in [0.25, 0.3) is 0 Å². The van der Waals surface area contributed by atoms with Crippen molar-refractivity contribution in [3.63, 3.8) is 0 Å². The molecule has 1 aliphatic carbocycles. The first-order chi connectivity index (χ1) is 9.55. The van der Waals surface area contributed by atoms with Crippen LogP contribution in [0.2, 0.25) is 5.15 Å². The molecular formula is C13H16ClN3O3. The molecule has 1 heterocycles. The van der Waals surface area contributed by atoms with Gasteiger partial charge in [-0.1, -0.05) is 24.4 Å². The van der Waals surface area contributed by atoms with E-state index in [1.54, 1.807) is 12.1 Å². The number of methoxy groups -OCH3 is 1. The van der Waals surface area contributed by atoms with Crippen molar-refractivity contribution in [1.82, 2.24) is 10.3 Å². The van der Waals surface area contributed by atoms with Crippen LogP contribution < -0.4 is 10.6 Å². The highest BCUT2D eigenvalue weighted by atomic mass is 35.5. The molecule has 0 spiro atoms. The minimum absolute atomic E-state index is 0.260. The van der Waals surface area contributed by atoms with Crippen molar-refractivity contribution in [2.75, 3.05) is 12.4 Å². The molecule has 7 heteroatoms. The third kappa shape index (κ3) is 3.19. The normalized spacial score (nSPS) is 16.5. The van der Waals surface area contributed by atoms with Crippen LogP contribution in [0.25, 0.3) is 0 Å². The number of anilines is 1. The van der Waals surface area contributed by atoms with E-state index in [2.05, 4.69) is 20.4 Å². The van der Waals surface area contributed by atoms with E-state index >= 15 is 0 Å². The number of carbonyl (C=O) groups is 2. The van der Waals surface area contributed by atoms with Crippen LogP contribution in [0.4, 0.5) is 10.5 Å². The summed E-state index contributed by atoms with van der Waals surface area (Å²) in [5, 5.41) is 5.76. The Balaban J connectivity index is 2.11. The predicted molar refractivity (Wildman–Crippen MR) is 74.6 cm³/mol. The Labute approximate surface area is 121 Å². The van der Waals surface area contributed by atoms with Gasteiger partial charge in [0.15, 0.2) is 0 Å². The fourth-order valence-electron chi connectivity index (χ4n) is 2.33. The zero-order valence-corrected chi connectivity index (χ0v) is 11.9. The number of halogens is 1. The van der Waals surface area contributed by atoms with E-state index in [0.29, 0.717) is 23.7 Å². The summed E-state index contributed by atoms with van der Waals surface area (Å²) in [6, 6.07) is 3.25. The maximum atomic E-state index is 12.4. The summed E-state index contributed by atoms with van der Waals surface area (Å²) in [6.07, 6.45) is 3.83. The van der Waals surface area contributed by atoms with Gasteiger partial charge in [0.2, 0.25) is 5.91 Å². The zero-order chi connectivity index (χ0) is 14.6. The topological polar surface area (TPSA) is 80.3 Å². The van der Waals surface area contributed by atoms with Crippen molar-refractivity contribution in [3.05, 3.63) is 23.5 Å². The monoisotopic (exact) mass is 297 g/mol. The molecule has 0 saturated heterocycles. The first-order valence-corrected chi connectivity index (χ1v) is 6.73. The van der Waals surface area contributed by atoms with Crippen molar-refractivity contribution in [2.45, 2.75) is 31.2 Å². The van der Waals surface area contributed by atoms with Crippen LogP contribution in [0.5, 0.6) is 0 Å². The van der Waals surface area contributed by atoms with E-state index < -0.39 is 11.6 Å². The highest BCUT2D eigenvalue weighted by molar-refractivity contribution is 6.29. The molecule has 2 rings (SSSR count). The van der Waals surface area contributed by atoms with Gasteiger partial charge in [-0.15, -0.1) is 0 Å². The number of pyridine rings is 1. The lowest BCUT2D eigenvalue weighted by molar-refractivity contribution is -0.122. The molecule has 0 bridgehead atoms. The molecule has 2 N–H and O–H groups in total. The highest BCUT2D eigenvalue weighted by Crippen LogP contribution is 2.31. The zero-order valence-electron chi connectivity index (χ0n) is 11.1. The number of nitrogens with zero attached hydrogens (tertiary/aromatic N) is 1. The van der Waals surface area contributed by atoms with Crippen LogP contribution in [0, 0.1) is 0 Å². The van der Waals surface area contributed by atoms with Crippen LogP contribution in [-0.2, 0) is 9.53 Å². The maximum Gasteiger partial charge on any atom is 0.407 e. The summed E-state index contributed by atoms with van der Waals surface area (Å²) < 4.78 is 4.59. The van der Waals surface area contributed by atoms with Gasteiger partial charge >= 0.3 is 6.09 Å². The van der Waals surface area contributed by atoms with Gasteiger partial charge in [-0.2, -0.15) is 0 Å². The number of carbonyl (C=O) groups excluding carboxylic acids is 2. The third-order valence-corrected chi connectivity index (χ3v) is 3.63. The number of hydrogen-bond donors (Lipinski definition) is 2. The lowest BCUT2D eigenvalue weighted by Gasteiger charge is -2.28. The van der Waals surface area contributed by atoms with Crippen LogP contribution in [0.1, 0.15) is 25.7 Å². The third-order valence-electron chi connectivity index (χ3n) is 3.40. The van der Waals surface area contributed by atoms with E-state index in [1.165, 1.54) is 13.3 Å². The molecule has 1 aromatic rings. The number of nitrogens with one attached hydrogen (secondary N) is 2. The fourth-order valence-corrected chi connectivity index (χ4v) is 2.45. The molecule has 0 unspecified atom stereocenters. The van der Waals surface area contributed by atoms with E-state index in [9.17, 15) is 9.59 Å². The van der Waals surface area contributed by atoms with Crippen molar-refractivity contribution in [2.24, 2.45) is 0 Å². The molecule has 0 aromatic carbocycles. The minimum atomic E-state index is -0.910. The Morgan fingerprint density at radius 3 is 2.60 bits per heavy atom.